The molecule has 0 aliphatic heterocycles. The molecule has 8 aromatic rings. The van der Waals surface area contributed by atoms with Crippen molar-refractivity contribution in [3.63, 3.8) is 0 Å². The number of hydrogen-bond acceptors (Lipinski definition) is 3. The van der Waals surface area contributed by atoms with E-state index in [0.717, 1.165) is 50.1 Å². The molecule has 4 heteroatoms. The first kappa shape index (κ1) is 33.0. The summed E-state index contributed by atoms with van der Waals surface area (Å²) in [6, 6.07) is 57.7. The maximum Gasteiger partial charge on any atom is 0.160 e. The van der Waals surface area contributed by atoms with Crippen molar-refractivity contribution in [2.45, 2.75) is 19.3 Å². The second kappa shape index (κ2) is 12.7. The molecule has 1 heterocycles. The Morgan fingerprint density at radius 3 is 1.72 bits per heavy atom. The molecule has 9 rings (SSSR count). The van der Waals surface area contributed by atoms with E-state index in [1.165, 1.54) is 38.6 Å². The quantitative estimate of drug-likeness (QED) is 0.162. The predicted molar refractivity (Wildman–Crippen MR) is 223 cm³/mol. The van der Waals surface area contributed by atoms with Crippen molar-refractivity contribution in [3.05, 3.63) is 175 Å². The Labute approximate surface area is 311 Å². The van der Waals surface area contributed by atoms with Gasteiger partial charge < -0.3 is 4.57 Å². The van der Waals surface area contributed by atoms with Crippen LogP contribution in [0.25, 0.3) is 78.1 Å². The van der Waals surface area contributed by atoms with E-state index in [-0.39, 0.29) is 5.41 Å². The Balaban J connectivity index is 1.34. The second-order valence-corrected chi connectivity index (χ2v) is 18.2. The summed E-state index contributed by atoms with van der Waals surface area (Å²) < 4.78 is 13.0. The molecule has 0 bridgehead atoms. The van der Waals surface area contributed by atoms with Crippen molar-refractivity contribution >= 4 is 23.2 Å². The van der Waals surface area contributed by atoms with E-state index in [1.54, 1.807) is 0 Å². The third kappa shape index (κ3) is 5.82. The highest BCUT2D eigenvalue weighted by atomic mass is 31.2. The zero-order valence-electron chi connectivity index (χ0n) is 30.3. The lowest BCUT2D eigenvalue weighted by atomic mass is 9.79. The number of benzene rings is 7. The molecule has 0 unspecified atom stereocenters. The Kier molecular flexibility index (Phi) is 7.87. The van der Waals surface area contributed by atoms with Crippen LogP contribution in [0.4, 0.5) is 0 Å². The Hall–Kier alpha value is -5.89. The molecule has 1 aliphatic rings. The minimum absolute atomic E-state index is 0.177. The van der Waals surface area contributed by atoms with Crippen molar-refractivity contribution in [1.29, 1.82) is 0 Å². The monoisotopic (exact) mass is 702 g/mol. The molecule has 0 radical (unpaired) electrons. The number of fused-ring (bicyclic) bond motifs is 5. The summed E-state index contributed by atoms with van der Waals surface area (Å²) in [4.78, 5) is 10.5. The normalized spacial score (nSPS) is 13.1. The number of aromatic nitrogens is 2. The average molecular weight is 703 g/mol. The molecule has 0 amide bonds. The van der Waals surface area contributed by atoms with Crippen molar-refractivity contribution in [3.8, 4) is 67.3 Å². The number of nitrogens with zero attached hydrogens (tertiary/aromatic N) is 2. The van der Waals surface area contributed by atoms with Crippen LogP contribution in [0.3, 0.4) is 0 Å². The SMILES string of the molecule is CC1(C)c2ccccc2-c2c(-c3cc(-c4ccc(P(C)(C)=O)cc4)cc(-c4nc(-c5ccccc5)cc(-c5ccccc5)n4)c3)cc3ccccc3c21. The van der Waals surface area contributed by atoms with Crippen LogP contribution in [0.5, 0.6) is 0 Å². The Morgan fingerprint density at radius 1 is 0.491 bits per heavy atom. The largest absolute Gasteiger partial charge is 0.319 e. The van der Waals surface area contributed by atoms with Gasteiger partial charge in [0.2, 0.25) is 0 Å². The smallest absolute Gasteiger partial charge is 0.160 e. The molecule has 7 aromatic carbocycles. The highest BCUT2D eigenvalue weighted by Gasteiger charge is 2.38. The predicted octanol–water partition coefficient (Wildman–Crippen LogP) is 12.5. The molecular weight excluding hydrogens is 664 g/mol. The van der Waals surface area contributed by atoms with Crippen LogP contribution >= 0.6 is 7.14 Å². The summed E-state index contributed by atoms with van der Waals surface area (Å²) in [5.41, 5.74) is 14.2. The molecule has 1 aliphatic carbocycles. The van der Waals surface area contributed by atoms with E-state index < -0.39 is 7.14 Å². The second-order valence-electron chi connectivity index (χ2n) is 15.0. The Bertz CT molecular complexity index is 2670. The fraction of sp³-hybridized carbons (Fsp3) is 0.102. The summed E-state index contributed by atoms with van der Waals surface area (Å²) >= 11 is 0. The van der Waals surface area contributed by atoms with Crippen molar-refractivity contribution < 1.29 is 4.57 Å². The van der Waals surface area contributed by atoms with Crippen LogP contribution in [-0.2, 0) is 9.98 Å². The molecule has 256 valence electrons. The first-order valence-corrected chi connectivity index (χ1v) is 20.7. The fourth-order valence-corrected chi connectivity index (χ4v) is 8.93. The Morgan fingerprint density at radius 2 is 1.06 bits per heavy atom. The molecular formula is C49H39N2OP. The van der Waals surface area contributed by atoms with Gasteiger partial charge in [-0.15, -0.1) is 0 Å². The average Bonchev–Trinajstić information content (AvgIpc) is 3.44. The van der Waals surface area contributed by atoms with Gasteiger partial charge in [0.05, 0.1) is 11.4 Å². The molecule has 53 heavy (non-hydrogen) atoms. The fourth-order valence-electron chi connectivity index (χ4n) is 8.07. The zero-order valence-corrected chi connectivity index (χ0v) is 31.2. The maximum atomic E-state index is 13.0. The van der Waals surface area contributed by atoms with Crippen LogP contribution < -0.4 is 5.30 Å². The van der Waals surface area contributed by atoms with Crippen molar-refractivity contribution in [1.82, 2.24) is 9.97 Å². The molecule has 0 saturated heterocycles. The summed E-state index contributed by atoms with van der Waals surface area (Å²) in [5, 5.41) is 3.37. The molecule has 3 nitrogen and oxygen atoms in total. The van der Waals surface area contributed by atoms with E-state index in [2.05, 4.69) is 129 Å². The van der Waals surface area contributed by atoms with Gasteiger partial charge in [0.1, 0.15) is 7.14 Å². The van der Waals surface area contributed by atoms with Gasteiger partial charge in [0.15, 0.2) is 5.82 Å². The first-order valence-electron chi connectivity index (χ1n) is 18.1. The third-order valence-electron chi connectivity index (χ3n) is 10.7. The van der Waals surface area contributed by atoms with E-state index in [1.807, 2.05) is 61.9 Å². The highest BCUT2D eigenvalue weighted by Crippen LogP contribution is 2.55. The molecule has 0 fully saturated rings. The van der Waals surface area contributed by atoms with E-state index in [9.17, 15) is 4.57 Å². The number of rotatable bonds is 6. The van der Waals surface area contributed by atoms with Gasteiger partial charge in [0.25, 0.3) is 0 Å². The lowest BCUT2D eigenvalue weighted by Gasteiger charge is -2.24. The summed E-state index contributed by atoms with van der Waals surface area (Å²) in [7, 11) is -2.41. The summed E-state index contributed by atoms with van der Waals surface area (Å²) in [6.45, 7) is 8.35. The lowest BCUT2D eigenvalue weighted by Crippen LogP contribution is -2.15. The van der Waals surface area contributed by atoms with E-state index >= 15 is 0 Å². The molecule has 0 atom stereocenters. The molecule has 1 aromatic heterocycles. The van der Waals surface area contributed by atoms with Gasteiger partial charge >= 0.3 is 0 Å². The van der Waals surface area contributed by atoms with Crippen LogP contribution in [0.1, 0.15) is 25.0 Å². The van der Waals surface area contributed by atoms with Gasteiger partial charge in [-0.05, 0) is 98.9 Å². The van der Waals surface area contributed by atoms with Crippen LogP contribution in [0.15, 0.2) is 164 Å². The lowest BCUT2D eigenvalue weighted by molar-refractivity contribution is 0.588. The van der Waals surface area contributed by atoms with E-state index in [0.29, 0.717) is 5.82 Å². The van der Waals surface area contributed by atoms with Crippen molar-refractivity contribution in [2.75, 3.05) is 13.3 Å². The molecule has 0 N–H and O–H groups in total. The van der Waals surface area contributed by atoms with Crippen LogP contribution in [0.2, 0.25) is 0 Å². The molecule has 0 saturated carbocycles. The summed E-state index contributed by atoms with van der Waals surface area (Å²) in [5.74, 6) is 0.662. The molecule has 0 spiro atoms. The third-order valence-corrected chi connectivity index (χ3v) is 12.3. The van der Waals surface area contributed by atoms with Gasteiger partial charge in [0, 0.05) is 27.4 Å². The van der Waals surface area contributed by atoms with Gasteiger partial charge in [-0.3, -0.25) is 0 Å². The topological polar surface area (TPSA) is 42.9 Å². The first-order chi connectivity index (χ1) is 25.6. The van der Waals surface area contributed by atoms with Gasteiger partial charge in [-0.25, -0.2) is 9.97 Å². The van der Waals surface area contributed by atoms with Gasteiger partial charge in [-0.2, -0.15) is 0 Å². The summed E-state index contributed by atoms with van der Waals surface area (Å²) in [6.07, 6.45) is 0. The van der Waals surface area contributed by atoms with Crippen LogP contribution in [-0.4, -0.2) is 23.3 Å². The number of hydrogen-bond donors (Lipinski definition) is 0. The minimum atomic E-state index is -2.41. The van der Waals surface area contributed by atoms with Gasteiger partial charge in [-0.1, -0.05) is 147 Å². The minimum Gasteiger partial charge on any atom is -0.319 e. The highest BCUT2D eigenvalue weighted by molar-refractivity contribution is 7.70. The zero-order chi connectivity index (χ0) is 36.3. The standard InChI is InChI=1S/C49H39N2OP/c1-49(2)43-22-14-13-21-41(43)46-42(30-35-19-11-12-20-40(35)47(46)49)37-27-36(32-23-25-39(26-24-32)53(3,4)52)28-38(29-37)48-50-44(33-15-7-5-8-16-33)31-45(51-48)34-17-9-6-10-18-34/h5-31H,1-4H3. The maximum absolute atomic E-state index is 13.0. The van der Waals surface area contributed by atoms with Crippen LogP contribution in [0, 0.1) is 0 Å². The van der Waals surface area contributed by atoms with Crippen molar-refractivity contribution in [2.24, 2.45) is 0 Å². The van der Waals surface area contributed by atoms with E-state index in [4.69, 9.17) is 9.97 Å².